The van der Waals surface area contributed by atoms with Gasteiger partial charge in [-0.25, -0.2) is 0 Å². The van der Waals surface area contributed by atoms with Gasteiger partial charge >= 0.3 is 0 Å². The molecule has 1 aliphatic rings. The lowest BCUT2D eigenvalue weighted by molar-refractivity contribution is 0.762. The van der Waals surface area contributed by atoms with Crippen LogP contribution in [0.1, 0.15) is 5.56 Å². The number of benzene rings is 2. The second-order valence-electron chi connectivity index (χ2n) is 4.97. The van der Waals surface area contributed by atoms with E-state index in [0.29, 0.717) is 10.8 Å². The third-order valence-electron chi connectivity index (χ3n) is 3.41. The standard InChI is InChI=1S/C16H10BrClN4S/c17-12-5-1-3-10(7-12)14-9-23-16-20-19-15(22(16)21-14)11-4-2-6-13(18)8-11/h1-8H,9H2. The monoisotopic (exact) mass is 404 g/mol. The summed E-state index contributed by atoms with van der Waals surface area (Å²) in [5.41, 5.74) is 2.98. The molecule has 0 fully saturated rings. The van der Waals surface area contributed by atoms with Crippen molar-refractivity contribution in [2.45, 2.75) is 5.16 Å². The zero-order valence-electron chi connectivity index (χ0n) is 11.8. The molecular formula is C16H10BrClN4S. The van der Waals surface area contributed by atoms with E-state index >= 15 is 0 Å². The predicted molar refractivity (Wildman–Crippen MR) is 97.3 cm³/mol. The van der Waals surface area contributed by atoms with Crippen molar-refractivity contribution in [3.63, 3.8) is 0 Å². The van der Waals surface area contributed by atoms with Crippen molar-refractivity contribution in [1.82, 2.24) is 14.9 Å². The van der Waals surface area contributed by atoms with Crippen LogP contribution < -0.4 is 0 Å². The highest BCUT2D eigenvalue weighted by Gasteiger charge is 2.20. The minimum Gasteiger partial charge on any atom is -0.187 e. The molecule has 0 aliphatic carbocycles. The second kappa shape index (κ2) is 6.11. The smallest absolute Gasteiger partial charge is 0.187 e. The van der Waals surface area contributed by atoms with Crippen LogP contribution in [0, 0.1) is 0 Å². The molecule has 2 aromatic carbocycles. The van der Waals surface area contributed by atoms with Gasteiger partial charge in [0.15, 0.2) is 5.82 Å². The molecule has 0 saturated carbocycles. The van der Waals surface area contributed by atoms with Gasteiger partial charge in [-0.1, -0.05) is 63.6 Å². The van der Waals surface area contributed by atoms with E-state index in [4.69, 9.17) is 16.7 Å². The van der Waals surface area contributed by atoms with Gasteiger partial charge in [-0.05, 0) is 29.8 Å². The van der Waals surface area contributed by atoms with Gasteiger partial charge in [-0.2, -0.15) is 9.78 Å². The Labute approximate surface area is 150 Å². The maximum Gasteiger partial charge on any atom is 0.212 e. The molecule has 4 nitrogen and oxygen atoms in total. The Morgan fingerprint density at radius 3 is 2.70 bits per heavy atom. The Morgan fingerprint density at radius 1 is 1.04 bits per heavy atom. The summed E-state index contributed by atoms with van der Waals surface area (Å²) in [6.45, 7) is 0. The van der Waals surface area contributed by atoms with E-state index in [1.165, 1.54) is 0 Å². The quantitative estimate of drug-likeness (QED) is 0.619. The van der Waals surface area contributed by atoms with Gasteiger partial charge in [0, 0.05) is 20.8 Å². The fraction of sp³-hybridized carbons (Fsp3) is 0.0625. The van der Waals surface area contributed by atoms with Gasteiger partial charge in [0.25, 0.3) is 0 Å². The van der Waals surface area contributed by atoms with Gasteiger partial charge in [0.2, 0.25) is 5.16 Å². The Bertz CT molecular complexity index is 922. The average molecular weight is 406 g/mol. The van der Waals surface area contributed by atoms with E-state index in [1.807, 2.05) is 36.4 Å². The number of aromatic nitrogens is 3. The molecule has 114 valence electrons. The Kier molecular flexibility index (Phi) is 3.97. The second-order valence-corrected chi connectivity index (χ2v) is 7.27. The van der Waals surface area contributed by atoms with Gasteiger partial charge in [-0.3, -0.25) is 0 Å². The van der Waals surface area contributed by atoms with Crippen molar-refractivity contribution in [3.05, 3.63) is 63.6 Å². The third kappa shape index (κ3) is 2.94. The minimum absolute atomic E-state index is 0.666. The first kappa shape index (κ1) is 14.9. The molecule has 1 aliphatic heterocycles. The number of nitrogens with zero attached hydrogens (tertiary/aromatic N) is 4. The SMILES string of the molecule is Clc1cccc(-c2nnc3n2N=C(c2cccc(Br)c2)CS3)c1. The maximum absolute atomic E-state index is 6.08. The zero-order chi connectivity index (χ0) is 15.8. The molecule has 7 heteroatoms. The van der Waals surface area contributed by atoms with Crippen LogP contribution in [0.5, 0.6) is 0 Å². The van der Waals surface area contributed by atoms with Crippen LogP contribution in [-0.2, 0) is 0 Å². The van der Waals surface area contributed by atoms with E-state index in [0.717, 1.165) is 32.2 Å². The van der Waals surface area contributed by atoms with Gasteiger partial charge in [0.1, 0.15) is 0 Å². The third-order valence-corrected chi connectivity index (χ3v) is 5.07. The fourth-order valence-corrected chi connectivity index (χ4v) is 3.77. The summed E-state index contributed by atoms with van der Waals surface area (Å²) in [4.78, 5) is 0. The fourth-order valence-electron chi connectivity index (χ4n) is 2.34. The first-order chi connectivity index (χ1) is 11.2. The number of thioether (sulfide) groups is 1. The summed E-state index contributed by atoms with van der Waals surface area (Å²) in [7, 11) is 0. The van der Waals surface area contributed by atoms with Crippen LogP contribution >= 0.6 is 39.3 Å². The summed E-state index contributed by atoms with van der Waals surface area (Å²) < 4.78 is 2.82. The summed E-state index contributed by atoms with van der Waals surface area (Å²) in [6, 6.07) is 15.7. The molecule has 1 aromatic heterocycles. The van der Waals surface area contributed by atoms with Crippen LogP contribution in [0.3, 0.4) is 0 Å². The van der Waals surface area contributed by atoms with Crippen LogP contribution in [0.25, 0.3) is 11.4 Å². The van der Waals surface area contributed by atoms with Crippen LogP contribution in [0.15, 0.2) is 63.3 Å². The van der Waals surface area contributed by atoms with E-state index in [1.54, 1.807) is 16.4 Å². The van der Waals surface area contributed by atoms with Gasteiger partial charge in [0.05, 0.1) is 5.71 Å². The van der Waals surface area contributed by atoms with E-state index < -0.39 is 0 Å². The molecule has 0 N–H and O–H groups in total. The van der Waals surface area contributed by atoms with Gasteiger partial charge < -0.3 is 0 Å². The molecule has 23 heavy (non-hydrogen) atoms. The highest BCUT2D eigenvalue weighted by molar-refractivity contribution is 9.10. The highest BCUT2D eigenvalue weighted by atomic mass is 79.9. The number of halogens is 2. The number of rotatable bonds is 2. The van der Waals surface area contributed by atoms with Crippen LogP contribution in [-0.4, -0.2) is 26.3 Å². The molecular weight excluding hydrogens is 396 g/mol. The van der Waals surface area contributed by atoms with Crippen molar-refractivity contribution in [3.8, 4) is 11.4 Å². The molecule has 0 amide bonds. The highest BCUT2D eigenvalue weighted by Crippen LogP contribution is 2.29. The van der Waals surface area contributed by atoms with Gasteiger partial charge in [-0.15, -0.1) is 10.2 Å². The maximum atomic E-state index is 6.08. The van der Waals surface area contributed by atoms with Crippen LogP contribution in [0.4, 0.5) is 0 Å². The molecule has 0 radical (unpaired) electrons. The van der Waals surface area contributed by atoms with Crippen molar-refractivity contribution >= 4 is 45.0 Å². The van der Waals surface area contributed by atoms with E-state index in [2.05, 4.69) is 38.3 Å². The lowest BCUT2D eigenvalue weighted by atomic mass is 10.1. The summed E-state index contributed by atoms with van der Waals surface area (Å²) in [5, 5.41) is 14.7. The molecule has 0 unspecified atom stereocenters. The summed E-state index contributed by atoms with van der Waals surface area (Å²) in [6.07, 6.45) is 0. The summed E-state index contributed by atoms with van der Waals surface area (Å²) >= 11 is 11.2. The normalized spacial score (nSPS) is 13.6. The number of fused-ring (bicyclic) bond motifs is 1. The average Bonchev–Trinajstić information content (AvgIpc) is 2.98. The predicted octanol–water partition coefficient (Wildman–Crippen LogP) is 4.72. The molecule has 0 bridgehead atoms. The Balaban J connectivity index is 1.81. The van der Waals surface area contributed by atoms with Crippen LogP contribution in [0.2, 0.25) is 5.02 Å². The molecule has 3 aromatic rings. The number of hydrogen-bond donors (Lipinski definition) is 0. The van der Waals surface area contributed by atoms with E-state index in [9.17, 15) is 0 Å². The van der Waals surface area contributed by atoms with Crippen molar-refractivity contribution in [1.29, 1.82) is 0 Å². The summed E-state index contributed by atoms with van der Waals surface area (Å²) in [5.74, 6) is 1.46. The topological polar surface area (TPSA) is 43.1 Å². The molecule has 2 heterocycles. The lowest BCUT2D eigenvalue weighted by Crippen LogP contribution is -2.13. The largest absolute Gasteiger partial charge is 0.212 e. The molecule has 0 saturated heterocycles. The number of hydrogen-bond acceptors (Lipinski definition) is 4. The Morgan fingerprint density at radius 2 is 1.87 bits per heavy atom. The minimum atomic E-state index is 0.666. The first-order valence-corrected chi connectivity index (χ1v) is 9.04. The lowest BCUT2D eigenvalue weighted by Gasteiger charge is -2.14. The van der Waals surface area contributed by atoms with Crippen molar-refractivity contribution in [2.75, 3.05) is 5.75 Å². The van der Waals surface area contributed by atoms with Crippen molar-refractivity contribution in [2.24, 2.45) is 5.10 Å². The Hall–Kier alpha value is -1.63. The van der Waals surface area contributed by atoms with E-state index in [-0.39, 0.29) is 0 Å². The molecule has 0 spiro atoms. The zero-order valence-corrected chi connectivity index (χ0v) is 14.9. The van der Waals surface area contributed by atoms with Crippen molar-refractivity contribution < 1.29 is 0 Å². The first-order valence-electron chi connectivity index (χ1n) is 6.89. The molecule has 0 atom stereocenters. The molecule has 4 rings (SSSR count).